The first-order valence-electron chi connectivity index (χ1n) is 6.27. The third-order valence-corrected chi connectivity index (χ3v) is 2.60. The fourth-order valence-electron chi connectivity index (χ4n) is 1.66. The topological polar surface area (TPSA) is 29.3 Å². The highest BCUT2D eigenvalue weighted by atomic mass is 15.1. The Bertz CT molecular complexity index is 104. The second-order valence-corrected chi connectivity index (χ2v) is 4.04. The number of hydrogen-bond acceptors (Lipinski definition) is 2. The molecule has 0 amide bonds. The minimum atomic E-state index is 0.803. The Morgan fingerprint density at radius 2 is 1.43 bits per heavy atom. The lowest BCUT2D eigenvalue weighted by molar-refractivity contribution is 0.270. The summed E-state index contributed by atoms with van der Waals surface area (Å²) in [6, 6.07) is 0. The van der Waals surface area contributed by atoms with Crippen LogP contribution in [0.25, 0.3) is 0 Å². The molecule has 0 aliphatic carbocycles. The fourth-order valence-corrected chi connectivity index (χ4v) is 1.66. The Kier molecular flexibility index (Phi) is 10.9. The molecular weight excluding hydrogens is 172 g/mol. The Hall–Kier alpha value is -0.0800. The Balaban J connectivity index is 3.40. The summed E-state index contributed by atoms with van der Waals surface area (Å²) < 4.78 is 0. The zero-order chi connectivity index (χ0) is 10.6. The van der Waals surface area contributed by atoms with Gasteiger partial charge in [0.25, 0.3) is 0 Å². The summed E-state index contributed by atoms with van der Waals surface area (Å²) in [5.41, 5.74) is 5.59. The smallest absolute Gasteiger partial charge is 0.0105 e. The summed E-state index contributed by atoms with van der Waals surface area (Å²) in [5, 5.41) is 0. The molecule has 0 aromatic carbocycles. The van der Waals surface area contributed by atoms with Crippen LogP contribution in [0.4, 0.5) is 0 Å². The molecule has 0 aromatic rings. The molecule has 0 spiro atoms. The molecule has 0 unspecified atom stereocenters. The molecule has 0 heterocycles. The monoisotopic (exact) mass is 200 g/mol. The standard InChI is InChI=1S/C12H28N2/c1-3-5-7-8-11-14(12-9-13)10-6-4-2/h3-13H2,1-2H3. The zero-order valence-corrected chi connectivity index (χ0v) is 10.1. The maximum Gasteiger partial charge on any atom is 0.0105 e. The SMILES string of the molecule is CCCCCCN(CCN)CCCC. The van der Waals surface area contributed by atoms with Crippen LogP contribution in [-0.4, -0.2) is 31.1 Å². The number of nitrogens with zero attached hydrogens (tertiary/aromatic N) is 1. The van der Waals surface area contributed by atoms with Crippen molar-refractivity contribution in [2.75, 3.05) is 26.2 Å². The minimum absolute atomic E-state index is 0.803. The van der Waals surface area contributed by atoms with Crippen molar-refractivity contribution in [3.05, 3.63) is 0 Å². The first kappa shape index (κ1) is 13.9. The first-order chi connectivity index (χ1) is 6.85. The molecule has 2 nitrogen and oxygen atoms in total. The molecule has 0 saturated heterocycles. The lowest BCUT2D eigenvalue weighted by Gasteiger charge is -2.21. The van der Waals surface area contributed by atoms with Crippen LogP contribution in [0, 0.1) is 0 Å². The number of rotatable bonds is 10. The van der Waals surface area contributed by atoms with Crippen LogP contribution in [0.1, 0.15) is 52.4 Å². The van der Waals surface area contributed by atoms with Crippen molar-refractivity contribution < 1.29 is 0 Å². The van der Waals surface area contributed by atoms with Crippen molar-refractivity contribution in [2.24, 2.45) is 5.73 Å². The summed E-state index contributed by atoms with van der Waals surface area (Å²) >= 11 is 0. The Morgan fingerprint density at radius 3 is 2.00 bits per heavy atom. The number of unbranched alkanes of at least 4 members (excludes halogenated alkanes) is 4. The van der Waals surface area contributed by atoms with Gasteiger partial charge in [-0.25, -0.2) is 0 Å². The minimum Gasteiger partial charge on any atom is -0.329 e. The van der Waals surface area contributed by atoms with E-state index in [9.17, 15) is 0 Å². The van der Waals surface area contributed by atoms with Gasteiger partial charge in [-0.15, -0.1) is 0 Å². The van der Waals surface area contributed by atoms with Gasteiger partial charge in [0.1, 0.15) is 0 Å². The molecule has 86 valence electrons. The highest BCUT2D eigenvalue weighted by Gasteiger charge is 2.01. The average molecular weight is 200 g/mol. The normalized spacial score (nSPS) is 11.1. The van der Waals surface area contributed by atoms with Crippen LogP contribution in [0.2, 0.25) is 0 Å². The molecule has 0 atom stereocenters. The molecule has 2 N–H and O–H groups in total. The van der Waals surface area contributed by atoms with Crippen LogP contribution in [-0.2, 0) is 0 Å². The summed E-state index contributed by atoms with van der Waals surface area (Å²) in [5.74, 6) is 0. The van der Waals surface area contributed by atoms with Gasteiger partial charge in [0.2, 0.25) is 0 Å². The summed E-state index contributed by atoms with van der Waals surface area (Å²) in [6.07, 6.45) is 8.03. The lowest BCUT2D eigenvalue weighted by atomic mass is 10.2. The van der Waals surface area contributed by atoms with E-state index >= 15 is 0 Å². The molecule has 0 aromatic heterocycles. The highest BCUT2D eigenvalue weighted by molar-refractivity contribution is 4.58. The van der Waals surface area contributed by atoms with Crippen LogP contribution in [0.15, 0.2) is 0 Å². The van der Waals surface area contributed by atoms with E-state index in [-0.39, 0.29) is 0 Å². The maximum atomic E-state index is 5.59. The van der Waals surface area contributed by atoms with Crippen molar-refractivity contribution >= 4 is 0 Å². The lowest BCUT2D eigenvalue weighted by Crippen LogP contribution is -2.31. The van der Waals surface area contributed by atoms with Crippen molar-refractivity contribution in [3.63, 3.8) is 0 Å². The maximum absolute atomic E-state index is 5.59. The van der Waals surface area contributed by atoms with Crippen molar-refractivity contribution in [1.82, 2.24) is 4.90 Å². The van der Waals surface area contributed by atoms with E-state index in [1.54, 1.807) is 0 Å². The molecule has 0 radical (unpaired) electrons. The van der Waals surface area contributed by atoms with Gasteiger partial charge in [0, 0.05) is 13.1 Å². The van der Waals surface area contributed by atoms with E-state index in [2.05, 4.69) is 18.7 Å². The van der Waals surface area contributed by atoms with Gasteiger partial charge in [-0.05, 0) is 25.9 Å². The van der Waals surface area contributed by atoms with Crippen LogP contribution in [0.5, 0.6) is 0 Å². The van der Waals surface area contributed by atoms with E-state index in [0.717, 1.165) is 13.1 Å². The molecular formula is C12H28N2. The zero-order valence-electron chi connectivity index (χ0n) is 10.1. The molecule has 0 rings (SSSR count). The van der Waals surface area contributed by atoms with E-state index < -0.39 is 0 Å². The van der Waals surface area contributed by atoms with Gasteiger partial charge >= 0.3 is 0 Å². The predicted molar refractivity (Wildman–Crippen MR) is 64.5 cm³/mol. The first-order valence-corrected chi connectivity index (χ1v) is 6.27. The quantitative estimate of drug-likeness (QED) is 0.549. The van der Waals surface area contributed by atoms with E-state index in [1.165, 1.54) is 51.6 Å². The highest BCUT2D eigenvalue weighted by Crippen LogP contribution is 2.02. The fraction of sp³-hybridized carbons (Fsp3) is 1.00. The van der Waals surface area contributed by atoms with Gasteiger partial charge in [-0.3, -0.25) is 0 Å². The molecule has 0 fully saturated rings. The van der Waals surface area contributed by atoms with Crippen LogP contribution < -0.4 is 5.73 Å². The average Bonchev–Trinajstić information content (AvgIpc) is 2.20. The third kappa shape index (κ3) is 8.52. The molecule has 0 aliphatic heterocycles. The molecule has 0 aliphatic rings. The van der Waals surface area contributed by atoms with Crippen LogP contribution >= 0.6 is 0 Å². The molecule has 0 bridgehead atoms. The summed E-state index contributed by atoms with van der Waals surface area (Å²) in [4.78, 5) is 2.51. The Labute approximate surface area is 89.9 Å². The van der Waals surface area contributed by atoms with Gasteiger partial charge < -0.3 is 10.6 Å². The van der Waals surface area contributed by atoms with Crippen molar-refractivity contribution in [1.29, 1.82) is 0 Å². The van der Waals surface area contributed by atoms with Crippen molar-refractivity contribution in [2.45, 2.75) is 52.4 Å². The van der Waals surface area contributed by atoms with Crippen LogP contribution in [0.3, 0.4) is 0 Å². The second kappa shape index (κ2) is 11.0. The molecule has 14 heavy (non-hydrogen) atoms. The second-order valence-electron chi connectivity index (χ2n) is 4.04. The third-order valence-electron chi connectivity index (χ3n) is 2.60. The summed E-state index contributed by atoms with van der Waals surface area (Å²) in [7, 11) is 0. The molecule has 2 heteroatoms. The van der Waals surface area contributed by atoms with Gasteiger partial charge in [-0.1, -0.05) is 39.5 Å². The van der Waals surface area contributed by atoms with E-state index in [4.69, 9.17) is 5.73 Å². The number of hydrogen-bond donors (Lipinski definition) is 1. The number of nitrogens with two attached hydrogens (primary N) is 1. The van der Waals surface area contributed by atoms with E-state index in [0.29, 0.717) is 0 Å². The molecule has 0 saturated carbocycles. The van der Waals surface area contributed by atoms with Gasteiger partial charge in [0.15, 0.2) is 0 Å². The summed E-state index contributed by atoms with van der Waals surface area (Å²) in [6.45, 7) is 8.87. The van der Waals surface area contributed by atoms with Gasteiger partial charge in [0.05, 0.1) is 0 Å². The van der Waals surface area contributed by atoms with E-state index in [1.807, 2.05) is 0 Å². The van der Waals surface area contributed by atoms with Crippen molar-refractivity contribution in [3.8, 4) is 0 Å². The van der Waals surface area contributed by atoms with Gasteiger partial charge in [-0.2, -0.15) is 0 Å². The Morgan fingerprint density at radius 1 is 0.786 bits per heavy atom. The predicted octanol–water partition coefficient (Wildman–Crippen LogP) is 2.63. The largest absolute Gasteiger partial charge is 0.329 e.